The van der Waals surface area contributed by atoms with Crippen LogP contribution in [0.15, 0.2) is 58.2 Å². The summed E-state index contributed by atoms with van der Waals surface area (Å²) < 4.78 is 16.6. The first-order chi connectivity index (χ1) is 16.2. The number of aromatic nitrogens is 2. The van der Waals surface area contributed by atoms with E-state index < -0.39 is 0 Å². The molecule has 1 fully saturated rings. The molecular formula is C23H25ClN6O3. The first kappa shape index (κ1) is 21.5. The summed E-state index contributed by atoms with van der Waals surface area (Å²) in [5, 5.41) is 15.4. The van der Waals surface area contributed by atoms with Gasteiger partial charge in [0, 0.05) is 23.8 Å². The summed E-state index contributed by atoms with van der Waals surface area (Å²) in [6, 6.07) is 15.3. The lowest BCUT2D eigenvalue weighted by Gasteiger charge is -2.39. The van der Waals surface area contributed by atoms with Gasteiger partial charge in [-0.2, -0.15) is 0 Å². The fraction of sp³-hybridized carbons (Fsp3) is 0.348. The Labute approximate surface area is 196 Å². The van der Waals surface area contributed by atoms with Crippen molar-refractivity contribution < 1.29 is 14.1 Å². The molecule has 10 heteroatoms. The molecule has 0 amide bonds. The van der Waals surface area contributed by atoms with Crippen molar-refractivity contribution in [3.05, 3.63) is 53.6 Å². The van der Waals surface area contributed by atoms with Crippen LogP contribution in [-0.4, -0.2) is 53.0 Å². The van der Waals surface area contributed by atoms with E-state index in [-0.39, 0.29) is 12.3 Å². The zero-order valence-electron chi connectivity index (χ0n) is 18.2. The Kier molecular flexibility index (Phi) is 6.32. The Hall–Kier alpha value is -3.30. The van der Waals surface area contributed by atoms with Crippen LogP contribution in [0.5, 0.6) is 11.5 Å². The Bertz CT molecular complexity index is 1090. The number of nitrogens with one attached hydrogen (secondary N) is 2. The first-order valence-electron chi connectivity index (χ1n) is 11.0. The molecule has 1 unspecified atom stereocenters. The van der Waals surface area contributed by atoms with Crippen molar-refractivity contribution in [2.75, 3.05) is 30.3 Å². The third-order valence-corrected chi connectivity index (χ3v) is 5.88. The van der Waals surface area contributed by atoms with Gasteiger partial charge in [0.1, 0.15) is 29.6 Å². The van der Waals surface area contributed by atoms with Crippen LogP contribution in [0.1, 0.15) is 19.8 Å². The molecule has 5 rings (SSSR count). The van der Waals surface area contributed by atoms with E-state index in [0.717, 1.165) is 49.0 Å². The highest BCUT2D eigenvalue weighted by Crippen LogP contribution is 2.29. The standard InChI is InChI=1S/C23H25ClN6O3/c1-2-31-17-9-5-16(6-10-17)25-22-23(27-21-20(26-22)28-33-29-21)30-13-11-19(12-14-30)32-18-7-3-15(24)4-8-18/h3-10,19,23H,2,11-14H2,1H3,(H,27,29)(H,25,26,28). The van der Waals surface area contributed by atoms with Crippen LogP contribution in [0.3, 0.4) is 0 Å². The summed E-state index contributed by atoms with van der Waals surface area (Å²) in [5.41, 5.74) is 0.907. The SMILES string of the molecule is CCOc1ccc(NC2=Nc3nonc3NC2N2CCC(Oc3ccc(Cl)cc3)CC2)cc1. The molecule has 0 aliphatic carbocycles. The minimum absolute atomic E-state index is 0.148. The predicted octanol–water partition coefficient (Wildman–Crippen LogP) is 4.56. The van der Waals surface area contributed by atoms with E-state index in [9.17, 15) is 0 Å². The minimum atomic E-state index is -0.188. The van der Waals surface area contributed by atoms with Crippen molar-refractivity contribution in [1.82, 2.24) is 15.2 Å². The number of aliphatic imine (C=N–C) groups is 1. The smallest absolute Gasteiger partial charge is 0.242 e. The topological polar surface area (TPSA) is 97.0 Å². The van der Waals surface area contributed by atoms with E-state index in [1.54, 1.807) is 0 Å². The third-order valence-electron chi connectivity index (χ3n) is 5.63. The van der Waals surface area contributed by atoms with Gasteiger partial charge >= 0.3 is 0 Å². The van der Waals surface area contributed by atoms with E-state index in [2.05, 4.69) is 30.8 Å². The van der Waals surface area contributed by atoms with Crippen LogP contribution in [0.2, 0.25) is 5.02 Å². The molecule has 2 aromatic carbocycles. The lowest BCUT2D eigenvalue weighted by molar-refractivity contribution is 0.0950. The largest absolute Gasteiger partial charge is 0.494 e. The van der Waals surface area contributed by atoms with Crippen molar-refractivity contribution >= 4 is 34.8 Å². The fourth-order valence-corrected chi connectivity index (χ4v) is 4.11. The number of rotatable bonds is 6. The van der Waals surface area contributed by atoms with E-state index in [0.29, 0.717) is 23.3 Å². The second-order valence-electron chi connectivity index (χ2n) is 7.87. The van der Waals surface area contributed by atoms with Crippen molar-refractivity contribution in [1.29, 1.82) is 0 Å². The third kappa shape index (κ3) is 5.04. The Morgan fingerprint density at radius 2 is 1.79 bits per heavy atom. The molecule has 1 saturated heterocycles. The second-order valence-corrected chi connectivity index (χ2v) is 8.31. The number of fused-ring (bicyclic) bond motifs is 1. The highest BCUT2D eigenvalue weighted by atomic mass is 35.5. The summed E-state index contributed by atoms with van der Waals surface area (Å²) >= 11 is 5.97. The van der Waals surface area contributed by atoms with E-state index in [1.165, 1.54) is 0 Å². The number of ether oxygens (including phenoxy) is 2. The fourth-order valence-electron chi connectivity index (χ4n) is 3.99. The van der Waals surface area contributed by atoms with Gasteiger partial charge in [-0.3, -0.25) is 4.90 Å². The summed E-state index contributed by atoms with van der Waals surface area (Å²) in [5.74, 6) is 3.37. The average molecular weight is 469 g/mol. The Morgan fingerprint density at radius 1 is 1.06 bits per heavy atom. The second kappa shape index (κ2) is 9.68. The number of likely N-dealkylation sites (tertiary alicyclic amines) is 1. The molecule has 1 aromatic heterocycles. The summed E-state index contributed by atoms with van der Waals surface area (Å²) in [6.45, 7) is 4.26. The highest BCUT2D eigenvalue weighted by Gasteiger charge is 2.34. The van der Waals surface area contributed by atoms with Crippen LogP contribution < -0.4 is 20.1 Å². The highest BCUT2D eigenvalue weighted by molar-refractivity contribution is 6.30. The monoisotopic (exact) mass is 468 g/mol. The van der Waals surface area contributed by atoms with Gasteiger partial charge in [0.15, 0.2) is 0 Å². The molecule has 3 aromatic rings. The number of hydrogen-bond acceptors (Lipinski definition) is 9. The van der Waals surface area contributed by atoms with Crippen LogP contribution in [0.4, 0.5) is 17.3 Å². The zero-order valence-corrected chi connectivity index (χ0v) is 19.0. The van der Waals surface area contributed by atoms with Gasteiger partial charge in [0.05, 0.1) is 6.61 Å². The van der Waals surface area contributed by atoms with Gasteiger partial charge in [-0.1, -0.05) is 11.6 Å². The van der Waals surface area contributed by atoms with Gasteiger partial charge in [-0.05, 0) is 78.6 Å². The Morgan fingerprint density at radius 3 is 2.52 bits per heavy atom. The number of hydrogen-bond donors (Lipinski definition) is 2. The van der Waals surface area contributed by atoms with Crippen molar-refractivity contribution in [3.63, 3.8) is 0 Å². The van der Waals surface area contributed by atoms with Crippen molar-refractivity contribution in [3.8, 4) is 11.5 Å². The number of amidine groups is 1. The Balaban J connectivity index is 1.26. The van der Waals surface area contributed by atoms with Gasteiger partial charge < -0.3 is 20.1 Å². The first-order valence-corrected chi connectivity index (χ1v) is 11.4. The molecule has 0 saturated carbocycles. The molecule has 172 valence electrons. The maximum atomic E-state index is 6.14. The van der Waals surface area contributed by atoms with Gasteiger partial charge in [-0.15, -0.1) is 0 Å². The number of halogens is 1. The van der Waals surface area contributed by atoms with E-state index in [1.807, 2.05) is 55.5 Å². The molecule has 9 nitrogen and oxygen atoms in total. The van der Waals surface area contributed by atoms with E-state index in [4.69, 9.17) is 25.7 Å². The van der Waals surface area contributed by atoms with Crippen molar-refractivity contribution in [2.24, 2.45) is 4.99 Å². The maximum absolute atomic E-state index is 6.14. The van der Waals surface area contributed by atoms with Crippen LogP contribution in [0, 0.1) is 0 Å². The summed E-state index contributed by atoms with van der Waals surface area (Å²) in [6.07, 6.45) is 1.74. The quantitative estimate of drug-likeness (QED) is 0.543. The predicted molar refractivity (Wildman–Crippen MR) is 127 cm³/mol. The van der Waals surface area contributed by atoms with Gasteiger partial charge in [-0.25, -0.2) is 9.62 Å². The summed E-state index contributed by atoms with van der Waals surface area (Å²) in [7, 11) is 0. The van der Waals surface area contributed by atoms with Crippen LogP contribution in [-0.2, 0) is 0 Å². The minimum Gasteiger partial charge on any atom is -0.494 e. The lowest BCUT2D eigenvalue weighted by Crippen LogP contribution is -2.54. The molecule has 1 atom stereocenters. The number of nitrogens with zero attached hydrogens (tertiary/aromatic N) is 4. The molecule has 2 aliphatic rings. The average Bonchev–Trinajstić information content (AvgIpc) is 3.30. The number of piperidine rings is 1. The molecular weight excluding hydrogens is 444 g/mol. The molecule has 0 spiro atoms. The maximum Gasteiger partial charge on any atom is 0.242 e. The van der Waals surface area contributed by atoms with Crippen LogP contribution in [0.25, 0.3) is 0 Å². The van der Waals surface area contributed by atoms with Crippen molar-refractivity contribution in [2.45, 2.75) is 32.0 Å². The zero-order chi connectivity index (χ0) is 22.6. The molecule has 0 radical (unpaired) electrons. The molecule has 2 aliphatic heterocycles. The molecule has 2 N–H and O–H groups in total. The number of benzene rings is 2. The van der Waals surface area contributed by atoms with Gasteiger partial charge in [0.2, 0.25) is 11.6 Å². The van der Waals surface area contributed by atoms with Gasteiger partial charge in [0.25, 0.3) is 0 Å². The normalized spacial score (nSPS) is 18.7. The van der Waals surface area contributed by atoms with Crippen LogP contribution >= 0.6 is 11.6 Å². The number of anilines is 2. The molecule has 3 heterocycles. The lowest BCUT2D eigenvalue weighted by atomic mass is 10.1. The summed E-state index contributed by atoms with van der Waals surface area (Å²) in [4.78, 5) is 6.99. The molecule has 0 bridgehead atoms. The molecule has 33 heavy (non-hydrogen) atoms. The van der Waals surface area contributed by atoms with E-state index >= 15 is 0 Å².